The second-order valence-corrected chi connectivity index (χ2v) is 7.78. The maximum atomic E-state index is 12.5. The van der Waals surface area contributed by atoms with Crippen molar-refractivity contribution in [2.75, 3.05) is 24.4 Å². The van der Waals surface area contributed by atoms with Crippen LogP contribution in [0.15, 0.2) is 59.5 Å². The Labute approximate surface area is 160 Å². The summed E-state index contributed by atoms with van der Waals surface area (Å²) in [6.45, 7) is 4.10. The molecular formula is C18H22ClN3O3S. The molecule has 1 fully saturated rings. The average Bonchev–Trinajstić information content (AvgIpc) is 2.62. The highest BCUT2D eigenvalue weighted by Crippen LogP contribution is 2.17. The van der Waals surface area contributed by atoms with Gasteiger partial charge in [0.25, 0.3) is 15.9 Å². The number of hydrogen-bond donors (Lipinski definition) is 2. The number of piperazine rings is 1. The summed E-state index contributed by atoms with van der Waals surface area (Å²) in [6.07, 6.45) is 0. The van der Waals surface area contributed by atoms with Crippen molar-refractivity contribution >= 4 is 34.0 Å². The summed E-state index contributed by atoms with van der Waals surface area (Å²) in [4.78, 5) is 14.4. The van der Waals surface area contributed by atoms with Gasteiger partial charge in [0.2, 0.25) is 0 Å². The maximum absolute atomic E-state index is 12.5. The van der Waals surface area contributed by atoms with E-state index in [1.54, 1.807) is 41.3 Å². The van der Waals surface area contributed by atoms with Crippen LogP contribution in [0.4, 0.5) is 5.69 Å². The molecule has 6 nitrogen and oxygen atoms in total. The van der Waals surface area contributed by atoms with E-state index < -0.39 is 10.0 Å². The van der Waals surface area contributed by atoms with Gasteiger partial charge in [0.05, 0.1) is 4.90 Å². The van der Waals surface area contributed by atoms with Gasteiger partial charge in [-0.3, -0.25) is 9.52 Å². The van der Waals surface area contributed by atoms with Gasteiger partial charge in [0.1, 0.15) is 0 Å². The van der Waals surface area contributed by atoms with Crippen LogP contribution < -0.4 is 10.0 Å². The molecule has 2 aromatic carbocycles. The Bertz CT molecular complexity index is 842. The fourth-order valence-electron chi connectivity index (χ4n) is 2.80. The van der Waals surface area contributed by atoms with Crippen molar-refractivity contribution in [2.24, 2.45) is 0 Å². The van der Waals surface area contributed by atoms with E-state index in [1.807, 2.05) is 13.0 Å². The van der Waals surface area contributed by atoms with Crippen LogP contribution in [0.25, 0.3) is 0 Å². The molecule has 1 heterocycles. The Balaban J connectivity index is 0.00000243. The molecule has 8 heteroatoms. The number of amides is 1. The van der Waals surface area contributed by atoms with Crippen molar-refractivity contribution in [1.82, 2.24) is 10.2 Å². The lowest BCUT2D eigenvalue weighted by Gasteiger charge is -2.32. The van der Waals surface area contributed by atoms with E-state index in [9.17, 15) is 13.2 Å². The summed E-state index contributed by atoms with van der Waals surface area (Å²) < 4.78 is 27.3. The molecule has 0 saturated carbocycles. The molecule has 140 valence electrons. The number of benzene rings is 2. The third-order valence-electron chi connectivity index (χ3n) is 4.09. The predicted molar refractivity (Wildman–Crippen MR) is 104 cm³/mol. The molecule has 1 atom stereocenters. The minimum atomic E-state index is -3.67. The predicted octanol–water partition coefficient (Wildman–Crippen LogP) is 2.34. The molecule has 0 aromatic heterocycles. The first-order valence-electron chi connectivity index (χ1n) is 8.16. The van der Waals surface area contributed by atoms with E-state index in [4.69, 9.17) is 0 Å². The zero-order valence-electron chi connectivity index (χ0n) is 14.4. The third-order valence-corrected chi connectivity index (χ3v) is 5.49. The maximum Gasteiger partial charge on any atom is 0.261 e. The van der Waals surface area contributed by atoms with Gasteiger partial charge in [-0.2, -0.15) is 0 Å². The summed E-state index contributed by atoms with van der Waals surface area (Å²) in [5, 5.41) is 3.29. The number of carbonyl (C=O) groups excluding carboxylic acids is 1. The van der Waals surface area contributed by atoms with Crippen LogP contribution in [0.2, 0.25) is 0 Å². The number of halogens is 1. The Hall–Kier alpha value is -2.09. The summed E-state index contributed by atoms with van der Waals surface area (Å²) >= 11 is 0. The van der Waals surface area contributed by atoms with E-state index in [1.165, 1.54) is 12.1 Å². The van der Waals surface area contributed by atoms with Crippen molar-refractivity contribution < 1.29 is 13.2 Å². The van der Waals surface area contributed by atoms with E-state index in [-0.39, 0.29) is 29.3 Å². The van der Waals surface area contributed by atoms with Gasteiger partial charge >= 0.3 is 0 Å². The zero-order chi connectivity index (χ0) is 17.9. The second-order valence-electron chi connectivity index (χ2n) is 6.10. The number of nitrogens with zero attached hydrogens (tertiary/aromatic N) is 1. The summed E-state index contributed by atoms with van der Waals surface area (Å²) in [6, 6.07) is 15.0. The third kappa shape index (κ3) is 4.75. The van der Waals surface area contributed by atoms with Crippen LogP contribution in [0.5, 0.6) is 0 Å². The zero-order valence-corrected chi connectivity index (χ0v) is 16.0. The van der Waals surface area contributed by atoms with Crippen molar-refractivity contribution in [1.29, 1.82) is 0 Å². The topological polar surface area (TPSA) is 78.5 Å². The number of nitrogens with one attached hydrogen (secondary N) is 2. The lowest BCUT2D eigenvalue weighted by atomic mass is 10.1. The van der Waals surface area contributed by atoms with Gasteiger partial charge < -0.3 is 10.2 Å². The summed E-state index contributed by atoms with van der Waals surface area (Å²) in [5.41, 5.74) is 0.991. The van der Waals surface area contributed by atoms with Gasteiger partial charge in [0.15, 0.2) is 0 Å². The molecule has 1 unspecified atom stereocenters. The van der Waals surface area contributed by atoms with Crippen molar-refractivity contribution in [3.05, 3.63) is 60.2 Å². The van der Waals surface area contributed by atoms with Crippen molar-refractivity contribution in [3.8, 4) is 0 Å². The van der Waals surface area contributed by atoms with E-state index in [0.717, 1.165) is 6.54 Å². The fraction of sp³-hybridized carbons (Fsp3) is 0.278. The van der Waals surface area contributed by atoms with E-state index >= 15 is 0 Å². The minimum Gasteiger partial charge on any atom is -0.336 e. The number of anilines is 1. The highest BCUT2D eigenvalue weighted by Gasteiger charge is 2.22. The first-order chi connectivity index (χ1) is 12.0. The molecule has 0 radical (unpaired) electrons. The van der Waals surface area contributed by atoms with Crippen LogP contribution in [0, 0.1) is 0 Å². The Morgan fingerprint density at radius 2 is 1.77 bits per heavy atom. The van der Waals surface area contributed by atoms with Gasteiger partial charge in [-0.15, -0.1) is 12.4 Å². The summed E-state index contributed by atoms with van der Waals surface area (Å²) in [5.74, 6) is -0.0756. The summed E-state index contributed by atoms with van der Waals surface area (Å²) in [7, 11) is -3.67. The lowest BCUT2D eigenvalue weighted by Crippen LogP contribution is -2.51. The first kappa shape index (κ1) is 20.2. The normalized spacial score (nSPS) is 17.3. The smallest absolute Gasteiger partial charge is 0.261 e. The molecule has 26 heavy (non-hydrogen) atoms. The molecule has 0 spiro atoms. The number of carbonyl (C=O) groups is 1. The van der Waals surface area contributed by atoms with Gasteiger partial charge in [-0.05, 0) is 43.3 Å². The molecular weight excluding hydrogens is 374 g/mol. The second kappa shape index (κ2) is 8.53. The Morgan fingerprint density at radius 1 is 1.12 bits per heavy atom. The monoisotopic (exact) mass is 395 g/mol. The van der Waals surface area contributed by atoms with Crippen LogP contribution in [-0.2, 0) is 10.0 Å². The van der Waals surface area contributed by atoms with Crippen LogP contribution in [0.3, 0.4) is 0 Å². The fourth-order valence-corrected chi connectivity index (χ4v) is 3.85. The number of sulfonamides is 1. The molecule has 2 aromatic rings. The van der Waals surface area contributed by atoms with Gasteiger partial charge in [0, 0.05) is 36.9 Å². The van der Waals surface area contributed by atoms with E-state index in [0.29, 0.717) is 24.3 Å². The molecule has 0 bridgehead atoms. The van der Waals surface area contributed by atoms with Crippen molar-refractivity contribution in [2.45, 2.75) is 17.9 Å². The number of rotatable bonds is 4. The molecule has 0 aliphatic carbocycles. The molecule has 1 saturated heterocycles. The van der Waals surface area contributed by atoms with Crippen LogP contribution >= 0.6 is 12.4 Å². The highest BCUT2D eigenvalue weighted by atomic mass is 35.5. The van der Waals surface area contributed by atoms with Crippen LogP contribution in [-0.4, -0.2) is 44.9 Å². The van der Waals surface area contributed by atoms with E-state index in [2.05, 4.69) is 10.0 Å². The van der Waals surface area contributed by atoms with Crippen LogP contribution in [0.1, 0.15) is 17.3 Å². The Morgan fingerprint density at radius 3 is 2.38 bits per heavy atom. The van der Waals surface area contributed by atoms with Crippen molar-refractivity contribution in [3.63, 3.8) is 0 Å². The molecule has 2 N–H and O–H groups in total. The average molecular weight is 396 g/mol. The van der Waals surface area contributed by atoms with Gasteiger partial charge in [-0.25, -0.2) is 8.42 Å². The lowest BCUT2D eigenvalue weighted by molar-refractivity contribution is 0.0709. The number of hydrogen-bond acceptors (Lipinski definition) is 4. The highest BCUT2D eigenvalue weighted by molar-refractivity contribution is 7.92. The molecule has 3 rings (SSSR count). The van der Waals surface area contributed by atoms with Gasteiger partial charge in [-0.1, -0.05) is 18.2 Å². The standard InChI is InChI=1S/C18H21N3O3S.ClH/c1-14-13-21(12-11-19-14)18(22)15-7-9-17(10-8-15)25(23,24)20-16-5-3-2-4-6-16;/h2-10,14,19-20H,11-13H2,1H3;1H. The molecule has 1 aliphatic heterocycles. The largest absolute Gasteiger partial charge is 0.336 e. The molecule has 1 amide bonds. The quantitative estimate of drug-likeness (QED) is 0.832. The SMILES string of the molecule is CC1CN(C(=O)c2ccc(S(=O)(=O)Nc3ccccc3)cc2)CCN1.Cl. The minimum absolute atomic E-state index is 0. The number of para-hydroxylation sites is 1. The Kier molecular flexibility index (Phi) is 6.63. The first-order valence-corrected chi connectivity index (χ1v) is 9.64. The molecule has 1 aliphatic rings.